The Morgan fingerprint density at radius 2 is 2.15 bits per heavy atom. The topological polar surface area (TPSA) is 42.0 Å². The maximum absolute atomic E-state index is 12.3. The second-order valence-electron chi connectivity index (χ2n) is 4.84. The second kappa shape index (κ2) is 7.25. The SMILES string of the molecule is CCC(CCCl)CNC(=O)c1ccnc2ccccc12. The third-order valence-electron chi connectivity index (χ3n) is 3.54. The molecule has 4 heteroatoms. The number of halogens is 1. The molecular formula is C16H19ClN2O. The highest BCUT2D eigenvalue weighted by molar-refractivity contribution is 6.17. The van der Waals surface area contributed by atoms with E-state index in [0.717, 1.165) is 23.7 Å². The zero-order chi connectivity index (χ0) is 14.4. The molecule has 2 aromatic rings. The smallest absolute Gasteiger partial charge is 0.252 e. The van der Waals surface area contributed by atoms with Crippen LogP contribution in [0.1, 0.15) is 30.1 Å². The number of fused-ring (bicyclic) bond motifs is 1. The molecular weight excluding hydrogens is 272 g/mol. The Balaban J connectivity index is 2.11. The van der Waals surface area contributed by atoms with Gasteiger partial charge in [-0.1, -0.05) is 31.5 Å². The van der Waals surface area contributed by atoms with Crippen LogP contribution in [0.3, 0.4) is 0 Å². The van der Waals surface area contributed by atoms with Gasteiger partial charge in [0.15, 0.2) is 0 Å². The van der Waals surface area contributed by atoms with Crippen molar-refractivity contribution in [2.75, 3.05) is 12.4 Å². The largest absolute Gasteiger partial charge is 0.352 e. The summed E-state index contributed by atoms with van der Waals surface area (Å²) in [6.45, 7) is 2.78. The molecule has 0 spiro atoms. The van der Waals surface area contributed by atoms with Gasteiger partial charge in [-0.2, -0.15) is 0 Å². The summed E-state index contributed by atoms with van der Waals surface area (Å²) in [5, 5.41) is 3.89. The molecule has 0 saturated heterocycles. The molecule has 0 radical (unpaired) electrons. The van der Waals surface area contributed by atoms with Gasteiger partial charge in [-0.05, 0) is 24.5 Å². The van der Waals surface area contributed by atoms with Crippen molar-refractivity contribution in [1.82, 2.24) is 10.3 Å². The number of hydrogen-bond acceptors (Lipinski definition) is 2. The minimum atomic E-state index is -0.0448. The van der Waals surface area contributed by atoms with E-state index in [1.165, 1.54) is 0 Å². The Morgan fingerprint density at radius 1 is 1.35 bits per heavy atom. The number of benzene rings is 1. The first-order valence-electron chi connectivity index (χ1n) is 6.94. The number of hydrogen-bond donors (Lipinski definition) is 1. The normalized spacial score (nSPS) is 12.3. The first kappa shape index (κ1) is 14.8. The van der Waals surface area contributed by atoms with E-state index in [4.69, 9.17) is 11.6 Å². The van der Waals surface area contributed by atoms with Crippen LogP contribution in [0.5, 0.6) is 0 Å². The van der Waals surface area contributed by atoms with Crippen molar-refractivity contribution in [1.29, 1.82) is 0 Å². The number of aromatic nitrogens is 1. The molecule has 1 aromatic heterocycles. The molecule has 0 fully saturated rings. The molecule has 1 atom stereocenters. The standard InChI is InChI=1S/C16H19ClN2O/c1-2-12(7-9-17)11-19-16(20)14-8-10-18-15-6-4-3-5-13(14)15/h3-6,8,10,12H,2,7,9,11H2,1H3,(H,19,20). The van der Waals surface area contributed by atoms with Gasteiger partial charge in [-0.3, -0.25) is 9.78 Å². The summed E-state index contributed by atoms with van der Waals surface area (Å²) in [7, 11) is 0. The van der Waals surface area contributed by atoms with Gasteiger partial charge >= 0.3 is 0 Å². The zero-order valence-electron chi connectivity index (χ0n) is 11.6. The number of pyridine rings is 1. The summed E-state index contributed by atoms with van der Waals surface area (Å²) in [5.74, 6) is 1.02. The molecule has 1 aromatic carbocycles. The molecule has 1 heterocycles. The number of alkyl halides is 1. The third kappa shape index (κ3) is 3.48. The fourth-order valence-corrected chi connectivity index (χ4v) is 2.54. The maximum Gasteiger partial charge on any atom is 0.252 e. The molecule has 1 amide bonds. The van der Waals surface area contributed by atoms with Crippen LogP contribution in [-0.4, -0.2) is 23.3 Å². The minimum absolute atomic E-state index is 0.0448. The Hall–Kier alpha value is -1.61. The van der Waals surface area contributed by atoms with E-state index >= 15 is 0 Å². The molecule has 106 valence electrons. The first-order valence-corrected chi connectivity index (χ1v) is 7.47. The summed E-state index contributed by atoms with van der Waals surface area (Å²) >= 11 is 5.76. The first-order chi connectivity index (χ1) is 9.76. The molecule has 0 aliphatic rings. The molecule has 0 bridgehead atoms. The molecule has 20 heavy (non-hydrogen) atoms. The highest BCUT2D eigenvalue weighted by Gasteiger charge is 2.12. The van der Waals surface area contributed by atoms with Crippen molar-refractivity contribution in [3.8, 4) is 0 Å². The average molecular weight is 291 g/mol. The lowest BCUT2D eigenvalue weighted by Crippen LogP contribution is -2.29. The van der Waals surface area contributed by atoms with Crippen LogP contribution in [0.15, 0.2) is 36.5 Å². The van der Waals surface area contributed by atoms with Gasteiger partial charge in [-0.15, -0.1) is 11.6 Å². The summed E-state index contributed by atoms with van der Waals surface area (Å²) in [4.78, 5) is 16.6. The van der Waals surface area contributed by atoms with Gasteiger partial charge in [0, 0.05) is 24.0 Å². The molecule has 0 saturated carbocycles. The lowest BCUT2D eigenvalue weighted by Gasteiger charge is -2.14. The molecule has 3 nitrogen and oxygen atoms in total. The van der Waals surface area contributed by atoms with Crippen molar-refractivity contribution in [3.63, 3.8) is 0 Å². The van der Waals surface area contributed by atoms with E-state index in [1.54, 1.807) is 12.3 Å². The van der Waals surface area contributed by atoms with Crippen molar-refractivity contribution < 1.29 is 4.79 Å². The van der Waals surface area contributed by atoms with Crippen LogP contribution in [0.2, 0.25) is 0 Å². The quantitative estimate of drug-likeness (QED) is 0.826. The number of rotatable bonds is 6. The Bertz CT molecular complexity index is 580. The van der Waals surface area contributed by atoms with Crippen LogP contribution < -0.4 is 5.32 Å². The summed E-state index contributed by atoms with van der Waals surface area (Å²) in [6, 6.07) is 9.44. The van der Waals surface area contributed by atoms with Crippen molar-refractivity contribution in [2.45, 2.75) is 19.8 Å². The van der Waals surface area contributed by atoms with Gasteiger partial charge in [-0.25, -0.2) is 0 Å². The molecule has 1 unspecified atom stereocenters. The Morgan fingerprint density at radius 3 is 2.90 bits per heavy atom. The Kier molecular flexibility index (Phi) is 5.36. The van der Waals surface area contributed by atoms with Gasteiger partial charge in [0.1, 0.15) is 0 Å². The zero-order valence-corrected chi connectivity index (χ0v) is 12.4. The maximum atomic E-state index is 12.3. The van der Waals surface area contributed by atoms with E-state index in [0.29, 0.717) is 23.9 Å². The van der Waals surface area contributed by atoms with Gasteiger partial charge < -0.3 is 5.32 Å². The fraction of sp³-hybridized carbons (Fsp3) is 0.375. The summed E-state index contributed by atoms with van der Waals surface area (Å²) in [6.07, 6.45) is 3.62. The van der Waals surface area contributed by atoms with Crippen LogP contribution in [-0.2, 0) is 0 Å². The third-order valence-corrected chi connectivity index (χ3v) is 3.76. The Labute approximate surface area is 124 Å². The van der Waals surface area contributed by atoms with E-state index in [2.05, 4.69) is 17.2 Å². The molecule has 1 N–H and O–H groups in total. The van der Waals surface area contributed by atoms with E-state index < -0.39 is 0 Å². The lowest BCUT2D eigenvalue weighted by molar-refractivity contribution is 0.0948. The van der Waals surface area contributed by atoms with Crippen LogP contribution >= 0.6 is 11.6 Å². The summed E-state index contributed by atoms with van der Waals surface area (Å²) < 4.78 is 0. The van der Waals surface area contributed by atoms with Gasteiger partial charge in [0.2, 0.25) is 0 Å². The molecule has 0 aliphatic heterocycles. The van der Waals surface area contributed by atoms with Crippen LogP contribution in [0.25, 0.3) is 10.9 Å². The average Bonchev–Trinajstić information content (AvgIpc) is 2.50. The van der Waals surface area contributed by atoms with Gasteiger partial charge in [0.25, 0.3) is 5.91 Å². The predicted molar refractivity (Wildman–Crippen MR) is 83.2 cm³/mol. The van der Waals surface area contributed by atoms with E-state index in [-0.39, 0.29) is 5.91 Å². The van der Waals surface area contributed by atoms with E-state index in [1.807, 2.05) is 24.3 Å². The molecule has 0 aliphatic carbocycles. The van der Waals surface area contributed by atoms with Gasteiger partial charge in [0.05, 0.1) is 11.1 Å². The highest BCUT2D eigenvalue weighted by Crippen LogP contribution is 2.16. The van der Waals surface area contributed by atoms with Crippen molar-refractivity contribution >= 4 is 28.4 Å². The van der Waals surface area contributed by atoms with E-state index in [9.17, 15) is 4.79 Å². The highest BCUT2D eigenvalue weighted by atomic mass is 35.5. The predicted octanol–water partition coefficient (Wildman–Crippen LogP) is 3.62. The van der Waals surface area contributed by atoms with Crippen molar-refractivity contribution in [2.24, 2.45) is 5.92 Å². The second-order valence-corrected chi connectivity index (χ2v) is 5.22. The lowest BCUT2D eigenvalue weighted by atomic mass is 10.0. The minimum Gasteiger partial charge on any atom is -0.352 e. The molecule has 2 rings (SSSR count). The monoisotopic (exact) mass is 290 g/mol. The van der Waals surface area contributed by atoms with Crippen LogP contribution in [0.4, 0.5) is 0 Å². The number of amides is 1. The number of nitrogens with zero attached hydrogens (tertiary/aromatic N) is 1. The van der Waals surface area contributed by atoms with Crippen LogP contribution in [0, 0.1) is 5.92 Å². The number of carbonyl (C=O) groups excluding carboxylic acids is 1. The number of nitrogens with one attached hydrogen (secondary N) is 1. The fourth-order valence-electron chi connectivity index (χ4n) is 2.23. The number of para-hydroxylation sites is 1. The van der Waals surface area contributed by atoms with Crippen molar-refractivity contribution in [3.05, 3.63) is 42.1 Å². The summed E-state index contributed by atoms with van der Waals surface area (Å²) in [5.41, 5.74) is 1.52. The number of carbonyl (C=O) groups is 1.